The Bertz CT molecular complexity index is 321. The first-order chi connectivity index (χ1) is 8.11. The second kappa shape index (κ2) is 7.65. The largest absolute Gasteiger partial charge is 0.369 e. The molecule has 96 valence electrons. The number of rotatable bonds is 4. The predicted octanol–water partition coefficient (Wildman–Crippen LogP) is 1.83. The normalized spacial score (nSPS) is 19.7. The van der Waals surface area contributed by atoms with Gasteiger partial charge >= 0.3 is 0 Å². The van der Waals surface area contributed by atoms with Crippen LogP contribution in [-0.4, -0.2) is 23.3 Å². The van der Waals surface area contributed by atoms with E-state index in [1.54, 1.807) is 11.0 Å². The lowest BCUT2D eigenvalue weighted by atomic mass is 10.1. The summed E-state index contributed by atoms with van der Waals surface area (Å²) in [6, 6.07) is 0. The Morgan fingerprint density at radius 2 is 2.18 bits per heavy atom. The molecule has 0 spiro atoms. The molecule has 1 aliphatic heterocycles. The summed E-state index contributed by atoms with van der Waals surface area (Å²) in [6.45, 7) is 10.2. The molecule has 0 bridgehead atoms. The Hall–Kier alpha value is -1.58. The quantitative estimate of drug-likeness (QED) is 0.600. The lowest BCUT2D eigenvalue weighted by Gasteiger charge is -2.17. The number of primary amides is 1. The van der Waals surface area contributed by atoms with Crippen LogP contribution >= 0.6 is 0 Å². The van der Waals surface area contributed by atoms with Crippen molar-refractivity contribution in [2.45, 2.75) is 33.6 Å². The Kier molecular flexibility index (Phi) is 6.94. The van der Waals surface area contributed by atoms with E-state index in [0.717, 1.165) is 12.1 Å². The number of carbonyl (C=O) groups is 2. The van der Waals surface area contributed by atoms with Gasteiger partial charge in [0, 0.05) is 12.2 Å². The van der Waals surface area contributed by atoms with Crippen LogP contribution in [0, 0.1) is 5.92 Å². The van der Waals surface area contributed by atoms with E-state index >= 15 is 0 Å². The van der Waals surface area contributed by atoms with Crippen molar-refractivity contribution in [2.75, 3.05) is 6.54 Å². The molecule has 17 heavy (non-hydrogen) atoms. The van der Waals surface area contributed by atoms with E-state index in [9.17, 15) is 9.59 Å². The van der Waals surface area contributed by atoms with Gasteiger partial charge in [0.1, 0.15) is 5.92 Å². The van der Waals surface area contributed by atoms with Crippen LogP contribution in [0.4, 0.5) is 0 Å². The van der Waals surface area contributed by atoms with E-state index in [0.29, 0.717) is 13.0 Å². The maximum absolute atomic E-state index is 11.8. The second-order valence-corrected chi connectivity index (χ2v) is 3.47. The van der Waals surface area contributed by atoms with Crippen molar-refractivity contribution >= 4 is 11.8 Å². The topological polar surface area (TPSA) is 63.4 Å². The molecule has 0 saturated carbocycles. The highest BCUT2D eigenvalue weighted by atomic mass is 16.2. The maximum atomic E-state index is 11.8. The van der Waals surface area contributed by atoms with Crippen molar-refractivity contribution in [1.29, 1.82) is 0 Å². The predicted molar refractivity (Wildman–Crippen MR) is 68.9 cm³/mol. The molecule has 1 rings (SSSR count). The number of nitrogens with zero attached hydrogens (tertiary/aromatic N) is 1. The molecule has 1 fully saturated rings. The molecule has 0 aromatic heterocycles. The molecule has 4 nitrogen and oxygen atoms in total. The molecule has 2 amide bonds. The summed E-state index contributed by atoms with van der Waals surface area (Å²) >= 11 is 0. The fourth-order valence-electron chi connectivity index (χ4n) is 1.71. The van der Waals surface area contributed by atoms with Gasteiger partial charge in [-0.3, -0.25) is 9.59 Å². The summed E-state index contributed by atoms with van der Waals surface area (Å²) in [4.78, 5) is 24.3. The van der Waals surface area contributed by atoms with E-state index in [1.165, 1.54) is 0 Å². The highest BCUT2D eigenvalue weighted by Crippen LogP contribution is 2.22. The first kappa shape index (κ1) is 15.4. The number of hydrogen-bond donors (Lipinski definition) is 1. The average molecular weight is 238 g/mol. The fraction of sp³-hybridized carbons (Fsp3) is 0.538. The highest BCUT2D eigenvalue weighted by molar-refractivity contribution is 6.01. The minimum Gasteiger partial charge on any atom is -0.369 e. The van der Waals surface area contributed by atoms with Crippen molar-refractivity contribution in [1.82, 2.24) is 4.90 Å². The Morgan fingerprint density at radius 3 is 2.53 bits per heavy atom. The lowest BCUT2D eigenvalue weighted by molar-refractivity contribution is -0.135. The number of carbonyl (C=O) groups excluding carboxylic acids is 2. The molecule has 0 aliphatic carbocycles. The zero-order valence-electron chi connectivity index (χ0n) is 10.9. The molecule has 4 heteroatoms. The third-order valence-corrected chi connectivity index (χ3v) is 2.48. The molecule has 0 aromatic carbocycles. The van der Waals surface area contributed by atoms with Gasteiger partial charge in [0.25, 0.3) is 0 Å². The summed E-state index contributed by atoms with van der Waals surface area (Å²) in [6.07, 6.45) is 4.87. The minimum absolute atomic E-state index is 0.206. The molecule has 1 heterocycles. The zero-order chi connectivity index (χ0) is 13.4. The van der Waals surface area contributed by atoms with Gasteiger partial charge in [0.15, 0.2) is 0 Å². The SMILES string of the molecule is C=C/C(=C\CC)N1CCC(C(N)=O)C1=O.CC. The molecule has 0 radical (unpaired) electrons. The van der Waals surface area contributed by atoms with Gasteiger partial charge in [-0.25, -0.2) is 0 Å². The van der Waals surface area contributed by atoms with E-state index in [2.05, 4.69) is 6.58 Å². The van der Waals surface area contributed by atoms with Gasteiger partial charge in [-0.05, 0) is 18.9 Å². The Morgan fingerprint density at radius 1 is 1.59 bits per heavy atom. The van der Waals surface area contributed by atoms with Crippen molar-refractivity contribution in [3.05, 3.63) is 24.4 Å². The third-order valence-electron chi connectivity index (χ3n) is 2.48. The van der Waals surface area contributed by atoms with Gasteiger partial charge in [0.2, 0.25) is 11.8 Å². The first-order valence-corrected chi connectivity index (χ1v) is 6.05. The van der Waals surface area contributed by atoms with Crippen LogP contribution < -0.4 is 5.73 Å². The van der Waals surface area contributed by atoms with Crippen LogP contribution in [0.15, 0.2) is 24.4 Å². The molecule has 0 aromatic rings. The van der Waals surface area contributed by atoms with Crippen LogP contribution in [0.3, 0.4) is 0 Å². The summed E-state index contributed by atoms with van der Waals surface area (Å²) in [5.74, 6) is -1.41. The Labute approximate surface area is 103 Å². The highest BCUT2D eigenvalue weighted by Gasteiger charge is 2.36. The molecule has 2 N–H and O–H groups in total. The summed E-state index contributed by atoms with van der Waals surface area (Å²) < 4.78 is 0. The maximum Gasteiger partial charge on any atom is 0.239 e. The number of amides is 2. The number of nitrogens with two attached hydrogens (primary N) is 1. The molecule has 1 aliphatic rings. The summed E-state index contributed by atoms with van der Waals surface area (Å²) in [5.41, 5.74) is 5.90. The van der Waals surface area contributed by atoms with Gasteiger partial charge < -0.3 is 10.6 Å². The minimum atomic E-state index is -0.662. The van der Waals surface area contributed by atoms with E-state index < -0.39 is 11.8 Å². The van der Waals surface area contributed by atoms with Crippen molar-refractivity contribution < 1.29 is 9.59 Å². The number of hydrogen-bond acceptors (Lipinski definition) is 2. The molecule has 1 atom stereocenters. The van der Waals surface area contributed by atoms with Crippen LogP contribution in [0.2, 0.25) is 0 Å². The van der Waals surface area contributed by atoms with Gasteiger partial charge in [-0.1, -0.05) is 33.4 Å². The zero-order valence-corrected chi connectivity index (χ0v) is 10.9. The van der Waals surface area contributed by atoms with Crippen molar-refractivity contribution in [3.63, 3.8) is 0 Å². The molecule has 1 unspecified atom stereocenters. The molecular weight excluding hydrogens is 216 g/mol. The first-order valence-electron chi connectivity index (χ1n) is 6.05. The summed E-state index contributed by atoms with van der Waals surface area (Å²) in [5, 5.41) is 0. The van der Waals surface area contributed by atoms with Crippen molar-refractivity contribution in [2.24, 2.45) is 11.7 Å². The standard InChI is InChI=1S/C11H16N2O2.C2H6/c1-3-5-8(4-2)13-7-6-9(10(12)14)11(13)15;1-2/h4-5,9H,2-3,6-7H2,1H3,(H2,12,14);1-2H3/b8-5+;. The average Bonchev–Trinajstić information content (AvgIpc) is 2.71. The third kappa shape index (κ3) is 3.73. The monoisotopic (exact) mass is 238 g/mol. The number of allylic oxidation sites excluding steroid dienone is 2. The van der Waals surface area contributed by atoms with Gasteiger partial charge in [-0.15, -0.1) is 0 Å². The second-order valence-electron chi connectivity index (χ2n) is 3.47. The number of likely N-dealkylation sites (tertiary alicyclic amines) is 1. The van der Waals surface area contributed by atoms with Crippen LogP contribution in [0.5, 0.6) is 0 Å². The van der Waals surface area contributed by atoms with E-state index in [-0.39, 0.29) is 5.91 Å². The van der Waals surface area contributed by atoms with Crippen LogP contribution in [0.1, 0.15) is 33.6 Å². The molecule has 1 saturated heterocycles. The lowest BCUT2D eigenvalue weighted by Crippen LogP contribution is -2.32. The van der Waals surface area contributed by atoms with Crippen molar-refractivity contribution in [3.8, 4) is 0 Å². The van der Waals surface area contributed by atoms with E-state index in [1.807, 2.05) is 26.8 Å². The fourth-order valence-corrected chi connectivity index (χ4v) is 1.71. The smallest absolute Gasteiger partial charge is 0.239 e. The van der Waals surface area contributed by atoms with Crippen LogP contribution in [-0.2, 0) is 9.59 Å². The van der Waals surface area contributed by atoms with E-state index in [4.69, 9.17) is 5.73 Å². The van der Waals surface area contributed by atoms with Crippen LogP contribution in [0.25, 0.3) is 0 Å². The molecular formula is C13H22N2O2. The van der Waals surface area contributed by atoms with Gasteiger partial charge in [-0.2, -0.15) is 0 Å². The summed E-state index contributed by atoms with van der Waals surface area (Å²) in [7, 11) is 0. The van der Waals surface area contributed by atoms with Gasteiger partial charge in [0.05, 0.1) is 0 Å². The Balaban J connectivity index is 0.00000121.